The highest BCUT2D eigenvalue weighted by atomic mass is 16.6. The number of benzene rings is 1. The minimum atomic E-state index is -1.99. The SMILES string of the molecule is CC(=O)Oc1cc2c3c(oc2c(B(O)O)c1OC(C)=O)C(C)CC[C@@H]1C(C)(C)CCC[C@@]31C. The average Bonchev–Trinajstić information content (AvgIpc) is 3.00. The van der Waals surface area contributed by atoms with Crippen LogP contribution in [0.4, 0.5) is 0 Å². The fourth-order valence-corrected chi connectivity index (χ4v) is 6.56. The highest BCUT2D eigenvalue weighted by molar-refractivity contribution is 6.63. The van der Waals surface area contributed by atoms with Crippen molar-refractivity contribution < 1.29 is 33.5 Å². The lowest BCUT2D eigenvalue weighted by atomic mass is 9.53. The van der Waals surface area contributed by atoms with E-state index < -0.39 is 19.1 Å². The van der Waals surface area contributed by atoms with Gasteiger partial charge < -0.3 is 23.9 Å². The smallest absolute Gasteiger partial charge is 0.461 e. The Balaban J connectivity index is 2.10. The number of esters is 2. The first-order valence-electron chi connectivity index (χ1n) is 11.7. The zero-order valence-corrected chi connectivity index (χ0v) is 20.3. The number of carbonyl (C=O) groups excluding carboxylic acids is 2. The van der Waals surface area contributed by atoms with E-state index in [0.29, 0.717) is 11.3 Å². The molecule has 2 aromatic rings. The number of ether oxygens (including phenoxy) is 2. The molecule has 1 saturated carbocycles. The summed E-state index contributed by atoms with van der Waals surface area (Å²) in [6.07, 6.45) is 5.26. The van der Waals surface area contributed by atoms with Crippen LogP contribution in [0.5, 0.6) is 11.5 Å². The molecule has 7 nitrogen and oxygen atoms in total. The number of fused-ring (bicyclic) bond motifs is 5. The van der Waals surface area contributed by atoms with Crippen molar-refractivity contribution in [3.63, 3.8) is 0 Å². The Hall–Kier alpha value is -2.32. The first-order valence-corrected chi connectivity index (χ1v) is 11.7. The van der Waals surface area contributed by atoms with Crippen molar-refractivity contribution in [1.29, 1.82) is 0 Å². The van der Waals surface area contributed by atoms with Crippen LogP contribution in [0.1, 0.15) is 90.9 Å². The fraction of sp³-hybridized carbons (Fsp3) is 0.600. The standard InChI is InChI=1S/C25H33BO7/c1-13-8-9-18-24(4,5)10-7-11-25(18,6)19-16-12-17(31-14(2)27)23(32-15(3)28)20(26(29)30)22(16)33-21(13)19/h12-13,18,29-30H,7-11H2,1-6H3/t13?,18-,25-/m1/s1. The highest BCUT2D eigenvalue weighted by Gasteiger charge is 2.51. The largest absolute Gasteiger partial charge is 0.496 e. The number of rotatable bonds is 3. The molecule has 1 fully saturated rings. The predicted molar refractivity (Wildman–Crippen MR) is 125 cm³/mol. The Morgan fingerprint density at radius 3 is 2.36 bits per heavy atom. The van der Waals surface area contributed by atoms with Crippen LogP contribution in [-0.4, -0.2) is 29.1 Å². The summed E-state index contributed by atoms with van der Waals surface area (Å²) >= 11 is 0. The first-order chi connectivity index (χ1) is 15.4. The van der Waals surface area contributed by atoms with Gasteiger partial charge in [-0.3, -0.25) is 9.59 Å². The molecule has 0 amide bonds. The summed E-state index contributed by atoms with van der Waals surface area (Å²) in [4.78, 5) is 23.7. The lowest BCUT2D eigenvalue weighted by Crippen LogP contribution is -2.44. The number of hydrogen-bond donors (Lipinski definition) is 2. The zero-order chi connectivity index (χ0) is 24.3. The van der Waals surface area contributed by atoms with E-state index in [4.69, 9.17) is 13.9 Å². The van der Waals surface area contributed by atoms with Crippen molar-refractivity contribution >= 4 is 35.5 Å². The van der Waals surface area contributed by atoms with Crippen molar-refractivity contribution in [2.45, 2.75) is 85.0 Å². The van der Waals surface area contributed by atoms with Crippen LogP contribution in [0.15, 0.2) is 10.5 Å². The van der Waals surface area contributed by atoms with Crippen LogP contribution in [0.25, 0.3) is 11.0 Å². The quantitative estimate of drug-likeness (QED) is 0.409. The Kier molecular flexibility index (Phi) is 5.90. The average molecular weight is 456 g/mol. The maximum absolute atomic E-state index is 11.9. The summed E-state index contributed by atoms with van der Waals surface area (Å²) in [6.45, 7) is 11.5. The van der Waals surface area contributed by atoms with E-state index >= 15 is 0 Å². The minimum absolute atomic E-state index is 0.0241. The number of furan rings is 1. The molecule has 0 saturated heterocycles. The van der Waals surface area contributed by atoms with Gasteiger partial charge in [0.05, 0.1) is 5.46 Å². The van der Waals surface area contributed by atoms with Crippen LogP contribution in [0.2, 0.25) is 0 Å². The summed E-state index contributed by atoms with van der Waals surface area (Å²) in [5.41, 5.74) is 1.16. The highest BCUT2D eigenvalue weighted by Crippen LogP contribution is 2.59. The number of carbonyl (C=O) groups is 2. The molecule has 178 valence electrons. The molecular formula is C25H33BO7. The van der Waals surface area contributed by atoms with Gasteiger partial charge in [-0.25, -0.2) is 0 Å². The molecule has 1 unspecified atom stereocenters. The summed E-state index contributed by atoms with van der Waals surface area (Å²) in [5.74, 6) is -0.145. The molecule has 33 heavy (non-hydrogen) atoms. The maximum atomic E-state index is 11.9. The Morgan fingerprint density at radius 2 is 1.76 bits per heavy atom. The van der Waals surface area contributed by atoms with Crippen LogP contribution in [-0.2, 0) is 15.0 Å². The molecule has 0 spiro atoms. The molecule has 0 bridgehead atoms. The third kappa shape index (κ3) is 3.87. The molecule has 2 aliphatic carbocycles. The van der Waals surface area contributed by atoms with Gasteiger partial charge in [-0.05, 0) is 48.5 Å². The topological polar surface area (TPSA) is 106 Å². The molecule has 0 radical (unpaired) electrons. The molecule has 0 aliphatic heterocycles. The van der Waals surface area contributed by atoms with Gasteiger partial charge in [-0.2, -0.15) is 0 Å². The second-order valence-corrected chi connectivity index (χ2v) is 10.7. The van der Waals surface area contributed by atoms with E-state index in [1.165, 1.54) is 13.8 Å². The van der Waals surface area contributed by atoms with E-state index in [9.17, 15) is 19.6 Å². The molecule has 1 aromatic carbocycles. The van der Waals surface area contributed by atoms with Gasteiger partial charge in [-0.1, -0.05) is 34.1 Å². The van der Waals surface area contributed by atoms with E-state index in [1.807, 2.05) is 0 Å². The third-order valence-corrected chi connectivity index (χ3v) is 7.86. The summed E-state index contributed by atoms with van der Waals surface area (Å²) in [5, 5.41) is 21.3. The number of hydrogen-bond acceptors (Lipinski definition) is 7. The maximum Gasteiger partial charge on any atom is 0.496 e. The summed E-state index contributed by atoms with van der Waals surface area (Å²) < 4.78 is 17.1. The zero-order valence-electron chi connectivity index (χ0n) is 20.3. The van der Waals surface area contributed by atoms with Gasteiger partial charge >= 0.3 is 19.1 Å². The molecule has 1 aromatic heterocycles. The van der Waals surface area contributed by atoms with Gasteiger partial charge in [0.25, 0.3) is 0 Å². The molecule has 4 rings (SSSR count). The van der Waals surface area contributed by atoms with Crippen molar-refractivity contribution in [1.82, 2.24) is 0 Å². The van der Waals surface area contributed by atoms with E-state index in [1.54, 1.807) is 6.07 Å². The second kappa shape index (κ2) is 8.17. The van der Waals surface area contributed by atoms with Gasteiger partial charge in [0.1, 0.15) is 11.3 Å². The van der Waals surface area contributed by atoms with Gasteiger partial charge in [0, 0.05) is 30.7 Å². The van der Waals surface area contributed by atoms with Gasteiger partial charge in [0.15, 0.2) is 11.5 Å². The van der Waals surface area contributed by atoms with Gasteiger partial charge in [0.2, 0.25) is 0 Å². The van der Waals surface area contributed by atoms with Crippen LogP contribution < -0.4 is 14.9 Å². The Morgan fingerprint density at radius 1 is 1.09 bits per heavy atom. The van der Waals surface area contributed by atoms with Crippen LogP contribution in [0.3, 0.4) is 0 Å². The molecular weight excluding hydrogens is 423 g/mol. The first kappa shape index (κ1) is 23.8. The van der Waals surface area contributed by atoms with E-state index in [-0.39, 0.29) is 39.3 Å². The van der Waals surface area contributed by atoms with Crippen molar-refractivity contribution in [3.8, 4) is 11.5 Å². The lowest BCUT2D eigenvalue weighted by molar-refractivity contribution is -0.134. The molecule has 2 aliphatic rings. The molecule has 1 heterocycles. The fourth-order valence-electron chi connectivity index (χ4n) is 6.56. The minimum Gasteiger partial charge on any atom is -0.461 e. The van der Waals surface area contributed by atoms with E-state index in [2.05, 4.69) is 27.7 Å². The van der Waals surface area contributed by atoms with Gasteiger partial charge in [-0.15, -0.1) is 0 Å². The predicted octanol–water partition coefficient (Wildman–Crippen LogP) is 3.94. The normalized spacial score (nSPS) is 26.2. The Labute approximate surface area is 194 Å². The van der Waals surface area contributed by atoms with E-state index in [0.717, 1.165) is 43.4 Å². The second-order valence-electron chi connectivity index (χ2n) is 10.7. The van der Waals surface area contributed by atoms with Crippen LogP contribution in [0, 0.1) is 11.3 Å². The van der Waals surface area contributed by atoms with Crippen molar-refractivity contribution in [3.05, 3.63) is 17.4 Å². The van der Waals surface area contributed by atoms with Crippen LogP contribution >= 0.6 is 0 Å². The summed E-state index contributed by atoms with van der Waals surface area (Å²) in [6, 6.07) is 1.66. The lowest BCUT2D eigenvalue weighted by Gasteiger charge is -2.50. The molecule has 3 atom stereocenters. The Bertz CT molecular complexity index is 1120. The van der Waals surface area contributed by atoms with Crippen molar-refractivity contribution in [2.24, 2.45) is 11.3 Å². The van der Waals surface area contributed by atoms with Crippen molar-refractivity contribution in [2.75, 3.05) is 0 Å². The summed E-state index contributed by atoms with van der Waals surface area (Å²) in [7, 11) is -1.99. The monoisotopic (exact) mass is 456 g/mol. The molecule has 2 N–H and O–H groups in total. The molecule has 8 heteroatoms. The third-order valence-electron chi connectivity index (χ3n) is 7.86.